The summed E-state index contributed by atoms with van der Waals surface area (Å²) in [5, 5.41) is 2.37. The van der Waals surface area contributed by atoms with Crippen LogP contribution in [0.5, 0.6) is 0 Å². The molecule has 0 unspecified atom stereocenters. The fourth-order valence-corrected chi connectivity index (χ4v) is 6.17. The van der Waals surface area contributed by atoms with Crippen molar-refractivity contribution in [3.8, 4) is 51.0 Å². The van der Waals surface area contributed by atoms with Crippen LogP contribution in [0.15, 0.2) is 140 Å². The molecule has 0 saturated heterocycles. The lowest BCUT2D eigenvalue weighted by Crippen LogP contribution is -2.04. The van der Waals surface area contributed by atoms with Gasteiger partial charge >= 0.3 is 0 Å². The van der Waals surface area contributed by atoms with Crippen molar-refractivity contribution in [2.24, 2.45) is 0 Å². The largest absolute Gasteiger partial charge is 0.308 e. The Balaban J connectivity index is 1.46. The van der Waals surface area contributed by atoms with Crippen molar-refractivity contribution >= 4 is 21.8 Å². The molecule has 46 heavy (non-hydrogen) atoms. The quantitative estimate of drug-likeness (QED) is 0.199. The molecule has 0 N–H and O–H groups in total. The number of aryl methyl sites for hydroxylation is 2. The van der Waals surface area contributed by atoms with Crippen molar-refractivity contribution in [2.45, 2.75) is 13.8 Å². The molecule has 0 spiro atoms. The summed E-state index contributed by atoms with van der Waals surface area (Å²) < 4.78 is 16.2. The van der Waals surface area contributed by atoms with Crippen LogP contribution in [0.1, 0.15) is 11.1 Å². The first kappa shape index (κ1) is 27.6. The van der Waals surface area contributed by atoms with Gasteiger partial charge in [-0.25, -0.2) is 19.3 Å². The molecular weight excluding hydrogens is 567 g/mol. The van der Waals surface area contributed by atoms with Crippen LogP contribution in [0.3, 0.4) is 0 Å². The molecule has 0 aliphatic carbocycles. The first-order valence-corrected chi connectivity index (χ1v) is 15.3. The molecule has 0 atom stereocenters. The van der Waals surface area contributed by atoms with Gasteiger partial charge < -0.3 is 4.57 Å². The number of fused-ring (bicyclic) bond motifs is 3. The molecule has 220 valence electrons. The van der Waals surface area contributed by atoms with Crippen molar-refractivity contribution in [3.63, 3.8) is 0 Å². The molecule has 0 amide bonds. The molecule has 2 aromatic heterocycles. The van der Waals surface area contributed by atoms with E-state index in [2.05, 4.69) is 73.0 Å². The molecule has 0 fully saturated rings. The van der Waals surface area contributed by atoms with Crippen LogP contribution >= 0.6 is 0 Å². The third kappa shape index (κ3) is 4.92. The maximum Gasteiger partial charge on any atom is 0.166 e. The smallest absolute Gasteiger partial charge is 0.166 e. The van der Waals surface area contributed by atoms with Crippen LogP contribution in [0.4, 0.5) is 4.39 Å². The van der Waals surface area contributed by atoms with Crippen LogP contribution < -0.4 is 0 Å². The Morgan fingerprint density at radius 1 is 0.457 bits per heavy atom. The fraction of sp³-hybridized carbons (Fsp3) is 0.0488. The second kappa shape index (κ2) is 11.2. The number of halogens is 1. The summed E-state index contributed by atoms with van der Waals surface area (Å²) in [5.41, 5.74) is 10.1. The van der Waals surface area contributed by atoms with Crippen molar-refractivity contribution in [1.82, 2.24) is 19.5 Å². The van der Waals surface area contributed by atoms with Gasteiger partial charge in [-0.15, -0.1) is 0 Å². The van der Waals surface area contributed by atoms with Crippen molar-refractivity contribution in [3.05, 3.63) is 156 Å². The molecule has 0 aliphatic rings. The Bertz CT molecular complexity index is 2260. The minimum absolute atomic E-state index is 0.263. The van der Waals surface area contributed by atoms with E-state index in [1.165, 1.54) is 34.0 Å². The Morgan fingerprint density at radius 2 is 0.957 bits per heavy atom. The van der Waals surface area contributed by atoms with Crippen LogP contribution in [0.2, 0.25) is 0 Å². The molecular formula is C41H29FN4. The highest BCUT2D eigenvalue weighted by atomic mass is 19.1. The summed E-state index contributed by atoms with van der Waals surface area (Å²) in [4.78, 5) is 15.1. The predicted molar refractivity (Wildman–Crippen MR) is 185 cm³/mol. The van der Waals surface area contributed by atoms with E-state index >= 15 is 0 Å². The molecule has 0 saturated carbocycles. The zero-order valence-corrected chi connectivity index (χ0v) is 25.4. The molecule has 5 heteroatoms. The molecule has 6 aromatic carbocycles. The Morgan fingerprint density at radius 3 is 1.50 bits per heavy atom. The average molecular weight is 597 g/mol. The van der Waals surface area contributed by atoms with Crippen LogP contribution in [-0.4, -0.2) is 19.5 Å². The first-order valence-electron chi connectivity index (χ1n) is 15.3. The maximum absolute atomic E-state index is 13.9. The third-order valence-electron chi connectivity index (χ3n) is 8.43. The number of nitrogens with zero attached hydrogens (tertiary/aromatic N) is 4. The second-order valence-electron chi connectivity index (χ2n) is 11.7. The third-order valence-corrected chi connectivity index (χ3v) is 8.43. The molecule has 0 bridgehead atoms. The van der Waals surface area contributed by atoms with E-state index in [1.54, 1.807) is 0 Å². The van der Waals surface area contributed by atoms with Gasteiger partial charge in [-0.2, -0.15) is 0 Å². The summed E-state index contributed by atoms with van der Waals surface area (Å²) in [5.74, 6) is 1.52. The highest BCUT2D eigenvalue weighted by Crippen LogP contribution is 2.39. The first-order chi connectivity index (χ1) is 22.5. The normalized spacial score (nSPS) is 11.4. The molecule has 0 radical (unpaired) electrons. The Kier molecular flexibility index (Phi) is 6.72. The van der Waals surface area contributed by atoms with E-state index in [-0.39, 0.29) is 5.82 Å². The van der Waals surface area contributed by atoms with Gasteiger partial charge in [0, 0.05) is 27.5 Å². The van der Waals surface area contributed by atoms with Crippen LogP contribution in [0, 0.1) is 19.7 Å². The highest BCUT2D eigenvalue weighted by molar-refractivity contribution is 6.10. The second-order valence-corrected chi connectivity index (χ2v) is 11.7. The average Bonchev–Trinajstić information content (AvgIpc) is 3.41. The molecule has 0 aliphatic heterocycles. The number of rotatable bonds is 5. The lowest BCUT2D eigenvalue weighted by molar-refractivity contribution is 0.628. The maximum atomic E-state index is 13.9. The lowest BCUT2D eigenvalue weighted by atomic mass is 10.0. The minimum Gasteiger partial charge on any atom is -0.308 e. The van der Waals surface area contributed by atoms with E-state index in [0.717, 1.165) is 44.5 Å². The van der Waals surface area contributed by atoms with Gasteiger partial charge in [0.05, 0.1) is 16.7 Å². The van der Waals surface area contributed by atoms with Crippen molar-refractivity contribution < 1.29 is 4.39 Å². The summed E-state index contributed by atoms with van der Waals surface area (Å²) in [6.45, 7) is 4.25. The zero-order valence-electron chi connectivity index (χ0n) is 25.4. The number of benzene rings is 6. The SMILES string of the molecule is Cc1ccc2c(c1)c1cc(C)ccc1n2-c1cc(-c2ccc(F)cc2)ccc1-c1nc(-c2ccccc2)nc(-c2ccccc2)n1. The van der Waals surface area contributed by atoms with E-state index < -0.39 is 0 Å². The highest BCUT2D eigenvalue weighted by Gasteiger charge is 2.20. The number of hydrogen-bond acceptors (Lipinski definition) is 3. The predicted octanol–water partition coefficient (Wildman–Crippen LogP) is 10.4. The van der Waals surface area contributed by atoms with Crippen molar-refractivity contribution in [2.75, 3.05) is 0 Å². The summed E-state index contributed by atoms with van der Waals surface area (Å²) in [6, 6.07) is 46.1. The van der Waals surface area contributed by atoms with Crippen LogP contribution in [-0.2, 0) is 0 Å². The van der Waals surface area contributed by atoms with Gasteiger partial charge in [0.25, 0.3) is 0 Å². The van der Waals surface area contributed by atoms with E-state index in [9.17, 15) is 4.39 Å². The van der Waals surface area contributed by atoms with E-state index in [1.807, 2.05) is 72.8 Å². The van der Waals surface area contributed by atoms with E-state index in [4.69, 9.17) is 15.0 Å². The summed E-state index contributed by atoms with van der Waals surface area (Å²) in [6.07, 6.45) is 0. The Labute approximate surface area is 266 Å². The zero-order chi connectivity index (χ0) is 31.2. The van der Waals surface area contributed by atoms with Gasteiger partial charge in [0.2, 0.25) is 0 Å². The standard InChI is InChI=1S/C41H29FN4/c1-26-13-21-36-34(23-26)35-24-27(2)14-22-37(35)46(36)38-25-31(28-15-18-32(42)19-16-28)17-20-33(38)41-44-39(29-9-5-3-6-10-29)43-40(45-41)30-11-7-4-8-12-30/h3-25H,1-2H3. The van der Waals surface area contributed by atoms with Gasteiger partial charge in [0.1, 0.15) is 5.82 Å². The minimum atomic E-state index is -0.263. The molecule has 4 nitrogen and oxygen atoms in total. The summed E-state index contributed by atoms with van der Waals surface area (Å²) in [7, 11) is 0. The molecule has 8 rings (SSSR count). The molecule has 2 heterocycles. The number of hydrogen-bond donors (Lipinski definition) is 0. The monoisotopic (exact) mass is 596 g/mol. The molecule has 8 aromatic rings. The van der Waals surface area contributed by atoms with Gasteiger partial charge in [-0.05, 0) is 73.5 Å². The topological polar surface area (TPSA) is 43.6 Å². The van der Waals surface area contributed by atoms with Gasteiger partial charge in [0.15, 0.2) is 17.5 Å². The lowest BCUT2D eigenvalue weighted by Gasteiger charge is -2.16. The van der Waals surface area contributed by atoms with Gasteiger partial charge in [-0.3, -0.25) is 0 Å². The van der Waals surface area contributed by atoms with Crippen LogP contribution in [0.25, 0.3) is 72.8 Å². The number of aromatic nitrogens is 4. The van der Waals surface area contributed by atoms with E-state index in [0.29, 0.717) is 17.5 Å². The Hall–Kier alpha value is -5.94. The van der Waals surface area contributed by atoms with Gasteiger partial charge in [-0.1, -0.05) is 102 Å². The fourth-order valence-electron chi connectivity index (χ4n) is 6.17. The van der Waals surface area contributed by atoms with Crippen molar-refractivity contribution in [1.29, 1.82) is 0 Å². The summed E-state index contributed by atoms with van der Waals surface area (Å²) >= 11 is 0.